The van der Waals surface area contributed by atoms with E-state index in [4.69, 9.17) is 15.0 Å². The molecule has 12 rings (SSSR count). The van der Waals surface area contributed by atoms with E-state index in [1.807, 2.05) is 17.4 Å². The molecule has 0 saturated carbocycles. The van der Waals surface area contributed by atoms with Gasteiger partial charge < -0.3 is 0 Å². The Bertz CT molecular complexity index is 3650. The average molecular weight is 794 g/mol. The van der Waals surface area contributed by atoms with Gasteiger partial charge in [0, 0.05) is 36.9 Å². The van der Waals surface area contributed by atoms with Crippen LogP contribution in [0.25, 0.3) is 120 Å². The Kier molecular flexibility index (Phi) is 8.36. The number of hydrogen-bond acceptors (Lipinski definition) is 4. The van der Waals surface area contributed by atoms with Gasteiger partial charge in [0.2, 0.25) is 0 Å². The van der Waals surface area contributed by atoms with E-state index in [1.54, 1.807) is 0 Å². The monoisotopic (exact) mass is 793 g/mol. The molecule has 10 aromatic carbocycles. The fourth-order valence-corrected chi connectivity index (χ4v) is 10.2. The first-order valence-electron chi connectivity index (χ1n) is 20.6. The Morgan fingerprint density at radius 2 is 0.836 bits per heavy atom. The molecule has 0 atom stereocenters. The highest BCUT2D eigenvalue weighted by atomic mass is 32.1. The third-order valence-corrected chi connectivity index (χ3v) is 13.1. The summed E-state index contributed by atoms with van der Waals surface area (Å²) in [6, 6.07) is 75.8. The van der Waals surface area contributed by atoms with Crippen molar-refractivity contribution >= 4 is 63.8 Å². The van der Waals surface area contributed by atoms with Gasteiger partial charge in [-0.15, -0.1) is 11.3 Å². The number of benzene rings is 10. The van der Waals surface area contributed by atoms with Crippen molar-refractivity contribution in [2.45, 2.75) is 0 Å². The summed E-state index contributed by atoms with van der Waals surface area (Å²) in [7, 11) is 0. The minimum absolute atomic E-state index is 0.627. The van der Waals surface area contributed by atoms with Crippen LogP contribution in [0.1, 0.15) is 0 Å². The molecule has 0 bridgehead atoms. The largest absolute Gasteiger partial charge is 0.208 e. The number of nitrogens with zero attached hydrogens (tertiary/aromatic N) is 3. The van der Waals surface area contributed by atoms with Crippen molar-refractivity contribution < 1.29 is 0 Å². The first-order valence-corrected chi connectivity index (χ1v) is 21.4. The molecule has 0 amide bonds. The van der Waals surface area contributed by atoms with Crippen molar-refractivity contribution in [2.24, 2.45) is 0 Å². The zero-order valence-electron chi connectivity index (χ0n) is 33.0. The maximum atomic E-state index is 5.23. The highest BCUT2D eigenvalue weighted by molar-refractivity contribution is 7.26. The lowest BCUT2D eigenvalue weighted by molar-refractivity contribution is 1.07. The molecule has 0 fully saturated rings. The van der Waals surface area contributed by atoms with Gasteiger partial charge in [-0.25, -0.2) is 15.0 Å². The molecule has 0 saturated heterocycles. The van der Waals surface area contributed by atoms with Crippen molar-refractivity contribution in [1.29, 1.82) is 0 Å². The minimum Gasteiger partial charge on any atom is -0.208 e. The van der Waals surface area contributed by atoms with E-state index in [-0.39, 0.29) is 0 Å². The van der Waals surface area contributed by atoms with Crippen LogP contribution in [0.3, 0.4) is 0 Å². The summed E-state index contributed by atoms with van der Waals surface area (Å²) in [5.41, 5.74) is 9.76. The smallest absolute Gasteiger partial charge is 0.164 e. The van der Waals surface area contributed by atoms with Crippen LogP contribution in [-0.4, -0.2) is 15.0 Å². The molecular weight excluding hydrogens is 759 g/mol. The van der Waals surface area contributed by atoms with E-state index >= 15 is 0 Å². The highest BCUT2D eigenvalue weighted by Crippen LogP contribution is 2.42. The first kappa shape index (κ1) is 35.2. The van der Waals surface area contributed by atoms with Crippen LogP contribution in [0.4, 0.5) is 0 Å². The van der Waals surface area contributed by atoms with Crippen LogP contribution < -0.4 is 0 Å². The lowest BCUT2D eigenvalue weighted by atomic mass is 9.89. The third-order valence-electron chi connectivity index (χ3n) is 11.9. The molecule has 0 N–H and O–H groups in total. The van der Waals surface area contributed by atoms with Crippen LogP contribution in [0.5, 0.6) is 0 Å². The van der Waals surface area contributed by atoms with Crippen LogP contribution in [-0.2, 0) is 0 Å². The highest BCUT2D eigenvalue weighted by Gasteiger charge is 2.17. The Balaban J connectivity index is 1.01. The summed E-state index contributed by atoms with van der Waals surface area (Å²) < 4.78 is 2.57. The van der Waals surface area contributed by atoms with E-state index in [2.05, 4.69) is 206 Å². The van der Waals surface area contributed by atoms with Crippen molar-refractivity contribution in [3.8, 4) is 67.5 Å². The molecule has 0 aliphatic carbocycles. The molecule has 2 aromatic heterocycles. The van der Waals surface area contributed by atoms with Crippen molar-refractivity contribution in [3.05, 3.63) is 212 Å². The SMILES string of the molecule is c1ccc(-c2cccc(-c3nc(-c4ccc(-c5c6ccccc6cc6c5ccc5ccccc56)cc4)nc(-c4cccc(-c5cccc6c5sc5ccccc56)c4)n3)c2)cc1. The summed E-state index contributed by atoms with van der Waals surface area (Å²) in [5, 5.41) is 10.0. The standard InChI is InChI=1S/C57H35N3S/c1-2-13-36(14-3-1)40-17-10-19-43(33-40)56-58-55(59-57(60-56)44-20-11-18-41(34-44)47-24-12-25-50-48-23-8-9-26-52(48)61-54(47)50)39-29-27-38(28-30-39)53-46-22-7-5-16-42(46)35-51-45-21-6-4-15-37(45)31-32-49(51)53/h1-35H. The van der Waals surface area contributed by atoms with Gasteiger partial charge in [-0.05, 0) is 90.0 Å². The van der Waals surface area contributed by atoms with Gasteiger partial charge >= 0.3 is 0 Å². The number of hydrogen-bond donors (Lipinski definition) is 0. The molecule has 284 valence electrons. The average Bonchev–Trinajstić information content (AvgIpc) is 3.73. The van der Waals surface area contributed by atoms with E-state index in [0.717, 1.165) is 38.9 Å². The van der Waals surface area contributed by atoms with Crippen molar-refractivity contribution in [1.82, 2.24) is 15.0 Å². The predicted molar refractivity (Wildman–Crippen MR) is 258 cm³/mol. The Morgan fingerprint density at radius 3 is 1.62 bits per heavy atom. The molecule has 0 radical (unpaired) electrons. The summed E-state index contributed by atoms with van der Waals surface area (Å²) in [5.74, 6) is 1.89. The molecule has 12 aromatic rings. The second-order valence-electron chi connectivity index (χ2n) is 15.5. The maximum absolute atomic E-state index is 5.23. The lowest BCUT2D eigenvalue weighted by Crippen LogP contribution is -2.00. The third kappa shape index (κ3) is 6.16. The van der Waals surface area contributed by atoms with Crippen LogP contribution in [0.2, 0.25) is 0 Å². The quantitative estimate of drug-likeness (QED) is 0.124. The molecule has 0 aliphatic heterocycles. The van der Waals surface area contributed by atoms with Gasteiger partial charge in [-0.2, -0.15) is 0 Å². The second-order valence-corrected chi connectivity index (χ2v) is 16.6. The van der Waals surface area contributed by atoms with Gasteiger partial charge in [0.25, 0.3) is 0 Å². The van der Waals surface area contributed by atoms with Gasteiger partial charge in [0.05, 0.1) is 0 Å². The number of thiophene rings is 1. The first-order chi connectivity index (χ1) is 30.2. The van der Waals surface area contributed by atoms with E-state index in [1.165, 1.54) is 63.6 Å². The van der Waals surface area contributed by atoms with Crippen LogP contribution in [0, 0.1) is 0 Å². The number of rotatable bonds is 6. The zero-order chi connectivity index (χ0) is 40.3. The summed E-state index contributed by atoms with van der Waals surface area (Å²) in [6.45, 7) is 0. The fourth-order valence-electron chi connectivity index (χ4n) is 8.95. The van der Waals surface area contributed by atoms with E-state index in [9.17, 15) is 0 Å². The second kappa shape index (κ2) is 14.5. The summed E-state index contributed by atoms with van der Waals surface area (Å²) in [4.78, 5) is 15.6. The molecule has 61 heavy (non-hydrogen) atoms. The van der Waals surface area contributed by atoms with Gasteiger partial charge in [-0.3, -0.25) is 0 Å². The normalized spacial score (nSPS) is 11.6. The summed E-state index contributed by atoms with van der Waals surface area (Å²) >= 11 is 1.84. The number of aromatic nitrogens is 3. The molecule has 3 nitrogen and oxygen atoms in total. The van der Waals surface area contributed by atoms with Crippen molar-refractivity contribution in [3.63, 3.8) is 0 Å². The molecule has 4 heteroatoms. The molecule has 0 spiro atoms. The lowest BCUT2D eigenvalue weighted by Gasteiger charge is -2.15. The molecule has 2 heterocycles. The Morgan fingerprint density at radius 1 is 0.279 bits per heavy atom. The number of fused-ring (bicyclic) bond motifs is 7. The topological polar surface area (TPSA) is 38.7 Å². The molecular formula is C57H35N3S. The van der Waals surface area contributed by atoms with Gasteiger partial charge in [0.1, 0.15) is 0 Å². The molecule has 0 aliphatic rings. The van der Waals surface area contributed by atoms with Crippen LogP contribution in [0.15, 0.2) is 212 Å². The Labute approximate surface area is 356 Å². The minimum atomic E-state index is 0.627. The molecule has 0 unspecified atom stereocenters. The predicted octanol–water partition coefficient (Wildman–Crippen LogP) is 15.7. The van der Waals surface area contributed by atoms with E-state index < -0.39 is 0 Å². The van der Waals surface area contributed by atoms with Gasteiger partial charge in [0.15, 0.2) is 17.5 Å². The van der Waals surface area contributed by atoms with Crippen molar-refractivity contribution in [2.75, 3.05) is 0 Å². The van der Waals surface area contributed by atoms with Crippen LogP contribution >= 0.6 is 11.3 Å². The maximum Gasteiger partial charge on any atom is 0.164 e. The zero-order valence-corrected chi connectivity index (χ0v) is 33.8. The Hall–Kier alpha value is -7.79. The van der Waals surface area contributed by atoms with E-state index in [0.29, 0.717) is 17.5 Å². The summed E-state index contributed by atoms with van der Waals surface area (Å²) in [6.07, 6.45) is 0. The fraction of sp³-hybridized carbons (Fsp3) is 0. The van der Waals surface area contributed by atoms with Gasteiger partial charge in [-0.1, -0.05) is 188 Å².